The highest BCUT2D eigenvalue weighted by molar-refractivity contribution is 8.78. The van der Waals surface area contributed by atoms with Crippen LogP contribution in [0.25, 0.3) is 0 Å². The Morgan fingerprint density at radius 1 is 1.50 bits per heavy atom. The predicted molar refractivity (Wildman–Crippen MR) is 34.2 cm³/mol. The second-order valence-electron chi connectivity index (χ2n) is 0.753. The molecule has 1 aliphatic rings. The lowest BCUT2D eigenvalue weighted by atomic mass is 10.8. The van der Waals surface area contributed by atoms with Crippen LogP contribution in [0.4, 0.5) is 0 Å². The standard InChI is InChI=1S/C3H4S2.H3N/c1-2-4-5-3-1;/h1-2H,3H2;1H3. The van der Waals surface area contributed by atoms with Crippen molar-refractivity contribution in [2.45, 2.75) is 0 Å². The average Bonchev–Trinajstić information content (AvgIpc) is 1.76. The Hall–Kier alpha value is 0.400. The molecule has 0 aromatic carbocycles. The summed E-state index contributed by atoms with van der Waals surface area (Å²) in [6, 6.07) is 0. The molecular weight excluding hydrogens is 114 g/mol. The molecule has 0 fully saturated rings. The van der Waals surface area contributed by atoms with Gasteiger partial charge < -0.3 is 6.15 Å². The predicted octanol–water partition coefficient (Wildman–Crippen LogP) is 2.06. The molecule has 1 aliphatic heterocycles. The number of hydrogen-bond acceptors (Lipinski definition) is 3. The second-order valence-corrected chi connectivity index (χ2v) is 3.07. The Bertz CT molecular complexity index is 46.8. The van der Waals surface area contributed by atoms with Gasteiger partial charge in [-0.05, 0) is 5.41 Å². The fourth-order valence-corrected chi connectivity index (χ4v) is 1.77. The molecule has 3 heteroatoms. The van der Waals surface area contributed by atoms with Gasteiger partial charge in [0.1, 0.15) is 0 Å². The van der Waals surface area contributed by atoms with Crippen LogP contribution >= 0.6 is 21.6 Å². The van der Waals surface area contributed by atoms with Crippen molar-refractivity contribution in [1.82, 2.24) is 6.15 Å². The summed E-state index contributed by atoms with van der Waals surface area (Å²) in [5.74, 6) is 1.20. The molecule has 0 atom stereocenters. The third kappa shape index (κ3) is 1.74. The summed E-state index contributed by atoms with van der Waals surface area (Å²) >= 11 is 0. The Morgan fingerprint density at radius 2 is 2.33 bits per heavy atom. The van der Waals surface area contributed by atoms with Crippen LogP contribution in [0, 0.1) is 0 Å². The molecular formula is C3H7NS2. The van der Waals surface area contributed by atoms with Crippen LogP contribution in [0.15, 0.2) is 11.5 Å². The van der Waals surface area contributed by atoms with Gasteiger partial charge in [0.05, 0.1) is 0 Å². The number of rotatable bonds is 0. The van der Waals surface area contributed by atoms with E-state index >= 15 is 0 Å². The zero-order valence-electron chi connectivity index (χ0n) is 3.39. The van der Waals surface area contributed by atoms with Crippen molar-refractivity contribution in [2.24, 2.45) is 0 Å². The summed E-state index contributed by atoms with van der Waals surface area (Å²) < 4.78 is 0. The Kier molecular flexibility index (Phi) is 3.82. The first-order valence-electron chi connectivity index (χ1n) is 1.43. The van der Waals surface area contributed by atoms with E-state index in [9.17, 15) is 0 Å². The van der Waals surface area contributed by atoms with Gasteiger partial charge in [0, 0.05) is 5.75 Å². The largest absolute Gasteiger partial charge is 0.344 e. The van der Waals surface area contributed by atoms with Crippen LogP contribution in [0.1, 0.15) is 0 Å². The molecule has 0 aromatic rings. The van der Waals surface area contributed by atoms with Gasteiger partial charge >= 0.3 is 0 Å². The van der Waals surface area contributed by atoms with E-state index in [0.29, 0.717) is 0 Å². The van der Waals surface area contributed by atoms with Gasteiger partial charge in [0.15, 0.2) is 0 Å². The van der Waals surface area contributed by atoms with E-state index in [2.05, 4.69) is 11.5 Å². The minimum atomic E-state index is 0. The quantitative estimate of drug-likeness (QED) is 0.498. The van der Waals surface area contributed by atoms with Crippen molar-refractivity contribution in [3.63, 3.8) is 0 Å². The summed E-state index contributed by atoms with van der Waals surface area (Å²) in [4.78, 5) is 0. The van der Waals surface area contributed by atoms with E-state index in [1.54, 1.807) is 0 Å². The molecule has 0 saturated carbocycles. The highest BCUT2D eigenvalue weighted by atomic mass is 33.1. The van der Waals surface area contributed by atoms with Crippen molar-refractivity contribution in [1.29, 1.82) is 0 Å². The fraction of sp³-hybridized carbons (Fsp3) is 0.333. The summed E-state index contributed by atoms with van der Waals surface area (Å²) in [7, 11) is 3.69. The third-order valence-corrected chi connectivity index (χ3v) is 2.30. The van der Waals surface area contributed by atoms with Crippen molar-refractivity contribution in [2.75, 3.05) is 5.75 Å². The molecule has 1 rings (SSSR count). The SMILES string of the molecule is C1=CSSC1.N. The molecule has 3 N–H and O–H groups in total. The lowest BCUT2D eigenvalue weighted by molar-refractivity contribution is 1.85. The molecule has 0 spiro atoms. The molecule has 36 valence electrons. The minimum absolute atomic E-state index is 0. The summed E-state index contributed by atoms with van der Waals surface area (Å²) in [6.45, 7) is 0. The topological polar surface area (TPSA) is 35.0 Å². The van der Waals surface area contributed by atoms with Gasteiger partial charge in [-0.1, -0.05) is 27.7 Å². The van der Waals surface area contributed by atoms with E-state index < -0.39 is 0 Å². The van der Waals surface area contributed by atoms with Gasteiger partial charge in [-0.2, -0.15) is 0 Å². The monoisotopic (exact) mass is 121 g/mol. The molecule has 6 heavy (non-hydrogen) atoms. The molecule has 0 radical (unpaired) electrons. The maximum absolute atomic E-state index is 2.16. The van der Waals surface area contributed by atoms with Crippen LogP contribution in [0.5, 0.6) is 0 Å². The van der Waals surface area contributed by atoms with Crippen molar-refractivity contribution >= 4 is 21.6 Å². The highest BCUT2D eigenvalue weighted by Gasteiger charge is 1.85. The van der Waals surface area contributed by atoms with E-state index in [1.165, 1.54) is 5.75 Å². The van der Waals surface area contributed by atoms with Crippen molar-refractivity contribution < 1.29 is 0 Å². The molecule has 0 unspecified atom stereocenters. The van der Waals surface area contributed by atoms with Gasteiger partial charge in [0.25, 0.3) is 0 Å². The van der Waals surface area contributed by atoms with Crippen LogP contribution in [-0.4, -0.2) is 5.75 Å². The van der Waals surface area contributed by atoms with E-state index in [1.807, 2.05) is 21.6 Å². The maximum Gasteiger partial charge on any atom is 0.0229 e. The van der Waals surface area contributed by atoms with Crippen molar-refractivity contribution in [3.8, 4) is 0 Å². The first-order chi connectivity index (χ1) is 2.50. The van der Waals surface area contributed by atoms with Gasteiger partial charge in [-0.15, -0.1) is 0 Å². The summed E-state index contributed by atoms with van der Waals surface area (Å²) in [5.41, 5.74) is 0. The molecule has 0 bridgehead atoms. The van der Waals surface area contributed by atoms with Crippen LogP contribution < -0.4 is 6.15 Å². The van der Waals surface area contributed by atoms with Crippen LogP contribution in [0.2, 0.25) is 0 Å². The molecule has 1 heterocycles. The van der Waals surface area contributed by atoms with E-state index in [-0.39, 0.29) is 6.15 Å². The molecule has 0 saturated heterocycles. The smallest absolute Gasteiger partial charge is 0.0229 e. The van der Waals surface area contributed by atoms with E-state index in [4.69, 9.17) is 0 Å². The van der Waals surface area contributed by atoms with Crippen LogP contribution in [0.3, 0.4) is 0 Å². The third-order valence-electron chi connectivity index (χ3n) is 0.384. The minimum Gasteiger partial charge on any atom is -0.344 e. The lowest BCUT2D eigenvalue weighted by Crippen LogP contribution is -1.46. The fourth-order valence-electron chi connectivity index (χ4n) is 0.196. The Labute approximate surface area is 45.6 Å². The molecule has 0 aliphatic carbocycles. The zero-order chi connectivity index (χ0) is 3.54. The summed E-state index contributed by atoms with van der Waals surface area (Å²) in [6.07, 6.45) is 2.16. The number of hydrogen-bond donors (Lipinski definition) is 1. The summed E-state index contributed by atoms with van der Waals surface area (Å²) in [5, 5.41) is 2.12. The Morgan fingerprint density at radius 3 is 2.50 bits per heavy atom. The van der Waals surface area contributed by atoms with Gasteiger partial charge in [0.2, 0.25) is 0 Å². The molecule has 1 nitrogen and oxygen atoms in total. The average molecular weight is 121 g/mol. The maximum atomic E-state index is 2.16. The molecule has 0 amide bonds. The van der Waals surface area contributed by atoms with E-state index in [0.717, 1.165) is 0 Å². The normalized spacial score (nSPS) is 17.3. The second kappa shape index (κ2) is 3.59. The first-order valence-corrected chi connectivity index (χ1v) is 3.81. The zero-order valence-corrected chi connectivity index (χ0v) is 5.02. The van der Waals surface area contributed by atoms with Gasteiger partial charge in [-0.25, -0.2) is 0 Å². The first kappa shape index (κ1) is 6.40. The molecule has 0 aromatic heterocycles. The van der Waals surface area contributed by atoms with Crippen LogP contribution in [-0.2, 0) is 0 Å². The Balaban J connectivity index is 0.000000250. The van der Waals surface area contributed by atoms with Crippen molar-refractivity contribution in [3.05, 3.63) is 11.5 Å². The van der Waals surface area contributed by atoms with Gasteiger partial charge in [-0.3, -0.25) is 0 Å². The lowest BCUT2D eigenvalue weighted by Gasteiger charge is -1.69. The highest BCUT2D eigenvalue weighted by Crippen LogP contribution is 2.27.